The van der Waals surface area contributed by atoms with Gasteiger partial charge in [-0.3, -0.25) is 4.79 Å². The lowest BCUT2D eigenvalue weighted by Crippen LogP contribution is -2.30. The van der Waals surface area contributed by atoms with Crippen molar-refractivity contribution in [3.63, 3.8) is 0 Å². The minimum Gasteiger partial charge on any atom is -0.494 e. The smallest absolute Gasteiger partial charge is 0.259 e. The van der Waals surface area contributed by atoms with Crippen LogP contribution in [0.1, 0.15) is 16.8 Å². The molecule has 104 valence electrons. The zero-order valence-electron chi connectivity index (χ0n) is 10.8. The molecule has 1 saturated heterocycles. The predicted molar refractivity (Wildman–Crippen MR) is 74.3 cm³/mol. The van der Waals surface area contributed by atoms with E-state index in [-0.39, 0.29) is 12.0 Å². The quantitative estimate of drug-likeness (QED) is 0.862. The summed E-state index contributed by atoms with van der Waals surface area (Å²) in [6.45, 7) is 1.20. The number of methoxy groups -OCH3 is 2. The molecule has 0 aliphatic carbocycles. The van der Waals surface area contributed by atoms with Gasteiger partial charge in [0.15, 0.2) is 5.75 Å². The zero-order chi connectivity index (χ0) is 14.0. The second-order valence-electron chi connectivity index (χ2n) is 4.34. The number of nitrogens with zero attached hydrogens (tertiary/aromatic N) is 1. The molecule has 0 spiro atoms. The molecule has 1 atom stereocenters. The van der Waals surface area contributed by atoms with Gasteiger partial charge in [0.25, 0.3) is 5.91 Å². The maximum atomic E-state index is 12.5. The summed E-state index contributed by atoms with van der Waals surface area (Å²) in [4.78, 5) is 14.2. The molecule has 1 aromatic rings. The van der Waals surface area contributed by atoms with Crippen molar-refractivity contribution >= 4 is 29.1 Å². The highest BCUT2D eigenvalue weighted by atomic mass is 35.5. The minimum absolute atomic E-state index is 0.0768. The number of halogens is 2. The third-order valence-electron chi connectivity index (χ3n) is 3.24. The molecule has 0 aromatic heterocycles. The molecule has 0 radical (unpaired) electrons. The summed E-state index contributed by atoms with van der Waals surface area (Å²) >= 11 is 12.1. The van der Waals surface area contributed by atoms with Crippen LogP contribution in [-0.4, -0.2) is 44.2 Å². The monoisotopic (exact) mass is 303 g/mol. The first kappa shape index (κ1) is 14.4. The van der Waals surface area contributed by atoms with Gasteiger partial charge in [-0.25, -0.2) is 0 Å². The van der Waals surface area contributed by atoms with E-state index in [9.17, 15) is 4.79 Å². The summed E-state index contributed by atoms with van der Waals surface area (Å²) in [5, 5.41) is 0.713. The number of likely N-dealkylation sites (tertiary alicyclic amines) is 1. The predicted octanol–water partition coefficient (Wildman–Crippen LogP) is 2.86. The van der Waals surface area contributed by atoms with Crippen LogP contribution in [0.25, 0.3) is 0 Å². The summed E-state index contributed by atoms with van der Waals surface area (Å²) in [5.41, 5.74) is 0.313. The van der Waals surface area contributed by atoms with Crippen LogP contribution in [0.4, 0.5) is 0 Å². The molecular weight excluding hydrogens is 289 g/mol. The third kappa shape index (κ3) is 2.81. The van der Waals surface area contributed by atoms with E-state index in [0.717, 1.165) is 6.42 Å². The fourth-order valence-electron chi connectivity index (χ4n) is 2.20. The fourth-order valence-corrected chi connectivity index (χ4v) is 2.66. The molecule has 1 heterocycles. The number of rotatable bonds is 3. The highest BCUT2D eigenvalue weighted by Gasteiger charge is 2.30. The Balaban J connectivity index is 2.31. The number of carbonyl (C=O) groups excluding carboxylic acids is 1. The number of carbonyl (C=O) groups is 1. The van der Waals surface area contributed by atoms with Crippen LogP contribution in [0.2, 0.25) is 10.0 Å². The highest BCUT2D eigenvalue weighted by Crippen LogP contribution is 2.35. The average molecular weight is 304 g/mol. The lowest BCUT2D eigenvalue weighted by Gasteiger charge is -2.19. The third-order valence-corrected chi connectivity index (χ3v) is 3.85. The van der Waals surface area contributed by atoms with Crippen molar-refractivity contribution in [2.24, 2.45) is 0 Å². The summed E-state index contributed by atoms with van der Waals surface area (Å²) < 4.78 is 10.4. The van der Waals surface area contributed by atoms with Crippen molar-refractivity contribution in [2.45, 2.75) is 12.5 Å². The van der Waals surface area contributed by atoms with Gasteiger partial charge >= 0.3 is 0 Å². The van der Waals surface area contributed by atoms with Gasteiger partial charge in [0.2, 0.25) is 0 Å². The summed E-state index contributed by atoms with van der Waals surface area (Å²) in [5.74, 6) is 0.143. The van der Waals surface area contributed by atoms with Crippen LogP contribution < -0.4 is 4.74 Å². The van der Waals surface area contributed by atoms with Gasteiger partial charge in [0, 0.05) is 20.2 Å². The van der Waals surface area contributed by atoms with E-state index in [4.69, 9.17) is 32.7 Å². The topological polar surface area (TPSA) is 38.8 Å². The van der Waals surface area contributed by atoms with E-state index in [0.29, 0.717) is 34.4 Å². The summed E-state index contributed by atoms with van der Waals surface area (Å²) in [7, 11) is 3.11. The molecule has 1 amide bonds. The standard InChI is InChI=1S/C13H15Cl2NO3/c1-18-8-5-6-16(7-8)13(17)11-9(14)3-4-10(15)12(11)19-2/h3-4,8H,5-7H2,1-2H3. The van der Waals surface area contributed by atoms with Gasteiger partial charge in [-0.2, -0.15) is 0 Å². The van der Waals surface area contributed by atoms with Crippen molar-refractivity contribution < 1.29 is 14.3 Å². The molecule has 19 heavy (non-hydrogen) atoms. The number of ether oxygens (including phenoxy) is 2. The van der Waals surface area contributed by atoms with Gasteiger partial charge in [0.05, 0.1) is 23.3 Å². The van der Waals surface area contributed by atoms with Crippen molar-refractivity contribution in [3.05, 3.63) is 27.7 Å². The molecule has 4 nitrogen and oxygen atoms in total. The first-order valence-electron chi connectivity index (χ1n) is 5.92. The van der Waals surface area contributed by atoms with Gasteiger partial charge in [-0.15, -0.1) is 0 Å². The SMILES string of the molecule is COc1c(Cl)ccc(Cl)c1C(=O)N1CCC(OC)C1. The van der Waals surface area contributed by atoms with Gasteiger partial charge in [-0.05, 0) is 18.6 Å². The van der Waals surface area contributed by atoms with E-state index in [2.05, 4.69) is 0 Å². The first-order chi connectivity index (χ1) is 9.08. The van der Waals surface area contributed by atoms with Crippen LogP contribution in [-0.2, 0) is 4.74 Å². The van der Waals surface area contributed by atoms with Crippen molar-refractivity contribution in [3.8, 4) is 5.75 Å². The average Bonchev–Trinajstić information content (AvgIpc) is 2.89. The molecule has 0 bridgehead atoms. The van der Waals surface area contributed by atoms with Crippen molar-refractivity contribution in [2.75, 3.05) is 27.3 Å². The number of hydrogen-bond acceptors (Lipinski definition) is 3. The van der Waals surface area contributed by atoms with E-state index in [1.807, 2.05) is 0 Å². The highest BCUT2D eigenvalue weighted by molar-refractivity contribution is 6.37. The second kappa shape index (κ2) is 5.99. The molecule has 1 aliphatic rings. The molecular formula is C13H15Cl2NO3. The Labute approximate surface area is 122 Å². The zero-order valence-corrected chi connectivity index (χ0v) is 12.3. The van der Waals surface area contributed by atoms with Gasteiger partial charge in [0.1, 0.15) is 5.56 Å². The Hall–Kier alpha value is -0.970. The number of hydrogen-bond donors (Lipinski definition) is 0. The van der Waals surface area contributed by atoms with Crippen LogP contribution in [0, 0.1) is 0 Å². The van der Waals surface area contributed by atoms with E-state index >= 15 is 0 Å². The molecule has 1 unspecified atom stereocenters. The Morgan fingerprint density at radius 2 is 2.00 bits per heavy atom. The number of benzene rings is 1. The molecule has 6 heteroatoms. The Kier molecular flexibility index (Phi) is 4.55. The van der Waals surface area contributed by atoms with Crippen molar-refractivity contribution in [1.82, 2.24) is 4.90 Å². The van der Waals surface area contributed by atoms with E-state index < -0.39 is 0 Å². The largest absolute Gasteiger partial charge is 0.494 e. The maximum absolute atomic E-state index is 12.5. The first-order valence-corrected chi connectivity index (χ1v) is 6.68. The second-order valence-corrected chi connectivity index (χ2v) is 5.15. The Bertz CT molecular complexity index is 493. The minimum atomic E-state index is -0.177. The lowest BCUT2D eigenvalue weighted by molar-refractivity contribution is 0.0721. The fraction of sp³-hybridized carbons (Fsp3) is 0.462. The Morgan fingerprint density at radius 1 is 1.32 bits per heavy atom. The molecule has 1 fully saturated rings. The van der Waals surface area contributed by atoms with Crippen LogP contribution in [0.5, 0.6) is 5.75 Å². The van der Waals surface area contributed by atoms with Crippen LogP contribution in [0.15, 0.2) is 12.1 Å². The molecule has 0 N–H and O–H groups in total. The lowest BCUT2D eigenvalue weighted by atomic mass is 10.1. The van der Waals surface area contributed by atoms with Gasteiger partial charge < -0.3 is 14.4 Å². The molecule has 1 aromatic carbocycles. The molecule has 0 saturated carbocycles. The Morgan fingerprint density at radius 3 is 2.58 bits per heavy atom. The molecule has 2 rings (SSSR count). The van der Waals surface area contributed by atoms with Crippen LogP contribution >= 0.6 is 23.2 Å². The maximum Gasteiger partial charge on any atom is 0.259 e. The summed E-state index contributed by atoms with van der Waals surface area (Å²) in [6, 6.07) is 3.21. The molecule has 1 aliphatic heterocycles. The van der Waals surface area contributed by atoms with Crippen LogP contribution in [0.3, 0.4) is 0 Å². The van der Waals surface area contributed by atoms with E-state index in [1.54, 1.807) is 24.1 Å². The number of amides is 1. The summed E-state index contributed by atoms with van der Waals surface area (Å²) in [6.07, 6.45) is 0.899. The normalized spacial score (nSPS) is 18.7. The van der Waals surface area contributed by atoms with Gasteiger partial charge in [-0.1, -0.05) is 23.2 Å². The van der Waals surface area contributed by atoms with E-state index in [1.165, 1.54) is 7.11 Å². The van der Waals surface area contributed by atoms with Crippen molar-refractivity contribution in [1.29, 1.82) is 0 Å².